The Labute approximate surface area is 126 Å². The molecular weight excluding hydrogens is 270 g/mol. The van der Waals surface area contributed by atoms with Crippen LogP contribution in [0.25, 0.3) is 0 Å². The lowest BCUT2D eigenvalue weighted by Gasteiger charge is -2.26. The summed E-state index contributed by atoms with van der Waals surface area (Å²) in [4.78, 5) is 0. The fourth-order valence-corrected chi connectivity index (χ4v) is 2.63. The molecule has 4 nitrogen and oxygen atoms in total. The summed E-state index contributed by atoms with van der Waals surface area (Å²) in [6, 6.07) is 8.12. The van der Waals surface area contributed by atoms with Crippen molar-refractivity contribution < 1.29 is 4.74 Å². The SMILES string of the molecule is CCCCN1N[C@](C)(c2ccc(OCC)cc2)NC1=S. The molecule has 2 N–H and O–H groups in total. The molecule has 5 heteroatoms. The number of unbranched alkanes of at least 4 members (excludes halogenated alkanes) is 1. The van der Waals surface area contributed by atoms with Crippen LogP contribution in [0.1, 0.15) is 39.2 Å². The minimum Gasteiger partial charge on any atom is -0.494 e. The second kappa shape index (κ2) is 6.41. The van der Waals surface area contributed by atoms with Gasteiger partial charge in [-0.1, -0.05) is 25.5 Å². The molecule has 0 radical (unpaired) electrons. The van der Waals surface area contributed by atoms with E-state index >= 15 is 0 Å². The van der Waals surface area contributed by atoms with E-state index in [0.717, 1.165) is 35.8 Å². The maximum absolute atomic E-state index is 5.47. The largest absolute Gasteiger partial charge is 0.494 e. The summed E-state index contributed by atoms with van der Waals surface area (Å²) in [6.07, 6.45) is 2.27. The van der Waals surface area contributed by atoms with Gasteiger partial charge < -0.3 is 10.1 Å². The zero-order valence-electron chi connectivity index (χ0n) is 12.4. The average molecular weight is 293 g/mol. The minimum absolute atomic E-state index is 0.352. The highest BCUT2D eigenvalue weighted by atomic mass is 32.1. The van der Waals surface area contributed by atoms with Crippen LogP contribution in [-0.4, -0.2) is 23.3 Å². The maximum atomic E-state index is 5.47. The van der Waals surface area contributed by atoms with E-state index in [1.54, 1.807) is 0 Å². The van der Waals surface area contributed by atoms with Gasteiger partial charge in [-0.3, -0.25) is 5.01 Å². The number of hydrogen-bond donors (Lipinski definition) is 2. The van der Waals surface area contributed by atoms with E-state index in [1.165, 1.54) is 0 Å². The average Bonchev–Trinajstić information content (AvgIpc) is 2.73. The monoisotopic (exact) mass is 293 g/mol. The van der Waals surface area contributed by atoms with Gasteiger partial charge in [-0.15, -0.1) is 0 Å². The molecule has 0 saturated carbocycles. The van der Waals surface area contributed by atoms with Crippen molar-refractivity contribution >= 4 is 17.3 Å². The molecule has 0 spiro atoms. The molecule has 2 rings (SSSR count). The third kappa shape index (κ3) is 3.22. The molecule has 0 unspecified atom stereocenters. The Hall–Kier alpha value is -1.33. The lowest BCUT2D eigenvalue weighted by Crippen LogP contribution is -2.45. The Morgan fingerprint density at radius 1 is 1.25 bits per heavy atom. The second-order valence-electron chi connectivity index (χ2n) is 5.13. The number of benzene rings is 1. The van der Waals surface area contributed by atoms with Crippen LogP contribution in [0.2, 0.25) is 0 Å². The number of rotatable bonds is 6. The first-order chi connectivity index (χ1) is 9.59. The van der Waals surface area contributed by atoms with E-state index in [1.807, 2.05) is 24.1 Å². The first kappa shape index (κ1) is 15.1. The van der Waals surface area contributed by atoms with Gasteiger partial charge in [-0.2, -0.15) is 0 Å². The lowest BCUT2D eigenvalue weighted by atomic mass is 10.0. The smallest absolute Gasteiger partial charge is 0.185 e. The van der Waals surface area contributed by atoms with E-state index in [0.29, 0.717) is 6.61 Å². The molecule has 1 fully saturated rings. The lowest BCUT2D eigenvalue weighted by molar-refractivity contribution is 0.233. The van der Waals surface area contributed by atoms with Gasteiger partial charge in [0.1, 0.15) is 11.4 Å². The molecule has 1 atom stereocenters. The van der Waals surface area contributed by atoms with Crippen LogP contribution >= 0.6 is 12.2 Å². The summed E-state index contributed by atoms with van der Waals surface area (Å²) >= 11 is 5.40. The van der Waals surface area contributed by atoms with Crippen LogP contribution in [-0.2, 0) is 5.66 Å². The van der Waals surface area contributed by atoms with Gasteiger partial charge in [0, 0.05) is 6.54 Å². The molecule has 1 aliphatic rings. The van der Waals surface area contributed by atoms with Crippen LogP contribution in [0.4, 0.5) is 0 Å². The summed E-state index contributed by atoms with van der Waals surface area (Å²) in [7, 11) is 0. The fourth-order valence-electron chi connectivity index (χ4n) is 2.29. The standard InChI is InChI=1S/C15H23N3OS/c1-4-6-11-18-14(20)16-15(3,17-18)12-7-9-13(10-8-12)19-5-2/h7-10,17H,4-6,11H2,1-3H3,(H,16,20)/t15-/m1/s1. The fraction of sp³-hybridized carbons (Fsp3) is 0.533. The highest BCUT2D eigenvalue weighted by Gasteiger charge is 2.36. The van der Waals surface area contributed by atoms with Crippen molar-refractivity contribution in [1.82, 2.24) is 15.8 Å². The summed E-state index contributed by atoms with van der Waals surface area (Å²) in [5, 5.41) is 6.14. The second-order valence-corrected chi connectivity index (χ2v) is 5.52. The van der Waals surface area contributed by atoms with E-state index < -0.39 is 0 Å². The number of hydrogen-bond acceptors (Lipinski definition) is 3. The highest BCUT2D eigenvalue weighted by Crippen LogP contribution is 2.25. The molecule has 0 amide bonds. The van der Waals surface area contributed by atoms with Crippen molar-refractivity contribution in [2.24, 2.45) is 0 Å². The van der Waals surface area contributed by atoms with Gasteiger partial charge >= 0.3 is 0 Å². The van der Waals surface area contributed by atoms with Crippen LogP contribution in [0.5, 0.6) is 5.75 Å². The normalized spacial score (nSPS) is 21.9. The molecule has 0 aliphatic carbocycles. The molecule has 0 bridgehead atoms. The maximum Gasteiger partial charge on any atom is 0.185 e. The van der Waals surface area contributed by atoms with Gasteiger partial charge in [0.15, 0.2) is 5.11 Å². The molecule has 1 aromatic carbocycles. The van der Waals surface area contributed by atoms with Crippen LogP contribution < -0.4 is 15.5 Å². The summed E-state index contributed by atoms with van der Waals surface area (Å²) in [5.74, 6) is 0.892. The van der Waals surface area contributed by atoms with E-state index in [4.69, 9.17) is 17.0 Å². The number of hydrazine groups is 1. The van der Waals surface area contributed by atoms with Crippen molar-refractivity contribution in [3.63, 3.8) is 0 Å². The molecule has 20 heavy (non-hydrogen) atoms. The molecule has 1 saturated heterocycles. The first-order valence-corrected chi connectivity index (χ1v) is 7.60. The van der Waals surface area contributed by atoms with E-state index in [-0.39, 0.29) is 5.66 Å². The van der Waals surface area contributed by atoms with Gasteiger partial charge in [0.05, 0.1) is 6.61 Å². The summed E-state index contributed by atoms with van der Waals surface area (Å²) in [5.41, 5.74) is 4.25. The number of nitrogens with zero attached hydrogens (tertiary/aromatic N) is 1. The van der Waals surface area contributed by atoms with Gasteiger partial charge in [0.2, 0.25) is 0 Å². The Morgan fingerprint density at radius 2 is 1.95 bits per heavy atom. The number of thiocarbonyl (C=S) groups is 1. The van der Waals surface area contributed by atoms with E-state index in [9.17, 15) is 0 Å². The number of ether oxygens (including phenoxy) is 1. The summed E-state index contributed by atoms with van der Waals surface area (Å²) in [6.45, 7) is 7.87. The Kier molecular flexibility index (Phi) is 4.83. The molecule has 1 heterocycles. The van der Waals surface area contributed by atoms with Crippen molar-refractivity contribution in [3.8, 4) is 5.75 Å². The number of nitrogens with one attached hydrogen (secondary N) is 2. The molecular formula is C15H23N3OS. The highest BCUT2D eigenvalue weighted by molar-refractivity contribution is 7.80. The predicted octanol–water partition coefficient (Wildman–Crippen LogP) is 2.75. The zero-order valence-corrected chi connectivity index (χ0v) is 13.2. The molecule has 110 valence electrons. The zero-order chi connectivity index (χ0) is 14.6. The van der Waals surface area contributed by atoms with Crippen molar-refractivity contribution in [1.29, 1.82) is 0 Å². The van der Waals surface area contributed by atoms with Crippen LogP contribution in [0.3, 0.4) is 0 Å². The van der Waals surface area contributed by atoms with Crippen molar-refractivity contribution in [2.75, 3.05) is 13.2 Å². The molecule has 1 aromatic rings. The molecule has 1 aliphatic heterocycles. The van der Waals surface area contributed by atoms with Gasteiger partial charge in [-0.25, -0.2) is 5.43 Å². The van der Waals surface area contributed by atoms with E-state index in [2.05, 4.69) is 36.7 Å². The Morgan fingerprint density at radius 3 is 2.55 bits per heavy atom. The topological polar surface area (TPSA) is 36.5 Å². The van der Waals surface area contributed by atoms with Crippen LogP contribution in [0.15, 0.2) is 24.3 Å². The quantitative estimate of drug-likeness (QED) is 0.789. The van der Waals surface area contributed by atoms with Gasteiger partial charge in [-0.05, 0) is 50.2 Å². The predicted molar refractivity (Wildman–Crippen MR) is 85.4 cm³/mol. The van der Waals surface area contributed by atoms with Crippen LogP contribution in [0, 0.1) is 0 Å². The first-order valence-electron chi connectivity index (χ1n) is 7.20. The minimum atomic E-state index is -0.352. The Balaban J connectivity index is 2.09. The third-order valence-corrected chi connectivity index (χ3v) is 3.76. The van der Waals surface area contributed by atoms with Crippen molar-refractivity contribution in [2.45, 2.75) is 39.3 Å². The summed E-state index contributed by atoms with van der Waals surface area (Å²) < 4.78 is 5.47. The Bertz CT molecular complexity index is 463. The molecule has 0 aromatic heterocycles. The van der Waals surface area contributed by atoms with Crippen molar-refractivity contribution in [3.05, 3.63) is 29.8 Å². The van der Waals surface area contributed by atoms with Gasteiger partial charge in [0.25, 0.3) is 0 Å². The third-order valence-electron chi connectivity index (χ3n) is 3.44.